The number of hydrogen-bond donors (Lipinski definition) is 2. The van der Waals surface area contributed by atoms with E-state index in [1.54, 1.807) is 20.3 Å². The maximum Gasteiger partial charge on any atom is 1.00 e. The van der Waals surface area contributed by atoms with Crippen molar-refractivity contribution in [1.82, 2.24) is 4.58 Å². The maximum atomic E-state index is 12.3. The summed E-state index contributed by atoms with van der Waals surface area (Å²) in [5, 5.41) is 10.1. The van der Waals surface area contributed by atoms with E-state index in [-0.39, 0.29) is 54.2 Å². The fraction of sp³-hybridized carbons (Fsp3) is 0.667. The standard InChI is InChI=1S/C60H94N2O21S2.Na/c1-59(2,3)53-47-50(12-10-13-57-60(4,19-11-45-84(65,66)67)54-48-51(85(68,69)70)16-18-55(54)62(57)20-9-7-8-14-58(63)64)83-56-46-49(15-17-52(53)56)61(21-23-73-29-31-77-37-39-81-43-41-79-35-33-75-27-25-71-5)22-24-74-30-32-78-38-40-82-44-42-80-36-34-76-28-26-72-6;/h10,12-13,15-18,46-48H,7-9,11,14,19-45H2,1-6H3,(H2-,63,64,65,66,67,68,69,70);/q;+1. The normalized spacial score (nSPS) is 15.1. The van der Waals surface area contributed by atoms with E-state index in [4.69, 9.17) is 61.3 Å². The summed E-state index contributed by atoms with van der Waals surface area (Å²) in [5.41, 5.74) is 2.44. The number of benzene rings is 2. The summed E-state index contributed by atoms with van der Waals surface area (Å²) in [5.74, 6) is -0.268. The summed E-state index contributed by atoms with van der Waals surface area (Å²) in [4.78, 5) is 12.9. The molecule has 0 amide bonds. The van der Waals surface area contributed by atoms with Crippen LogP contribution in [0.15, 0.2) is 69.6 Å². The van der Waals surface area contributed by atoms with Crippen LogP contribution in [0.25, 0.3) is 17.4 Å². The first-order chi connectivity index (χ1) is 40.8. The van der Waals surface area contributed by atoms with Gasteiger partial charge in [-0.1, -0.05) is 33.3 Å². The molecule has 0 fully saturated rings. The molecule has 2 N–H and O–H groups in total. The second kappa shape index (κ2) is 42.7. The van der Waals surface area contributed by atoms with Gasteiger partial charge in [0, 0.05) is 55.6 Å². The minimum Gasteiger partial charge on any atom is -0.744 e. The summed E-state index contributed by atoms with van der Waals surface area (Å²) in [7, 11) is -5.95. The van der Waals surface area contributed by atoms with Gasteiger partial charge in [0.15, 0.2) is 13.1 Å². The minimum atomic E-state index is -4.87. The molecular formula is C60H94N2NaO21S2+. The Morgan fingerprint density at radius 2 is 1.13 bits per heavy atom. The van der Waals surface area contributed by atoms with E-state index < -0.39 is 42.3 Å². The molecule has 482 valence electrons. The number of fused-ring (bicyclic) bond motifs is 2. The van der Waals surface area contributed by atoms with Gasteiger partial charge >= 0.3 is 35.5 Å². The molecule has 2 aliphatic heterocycles. The first kappa shape index (κ1) is 77.0. The van der Waals surface area contributed by atoms with Crippen LogP contribution in [0.2, 0.25) is 0 Å². The van der Waals surface area contributed by atoms with Gasteiger partial charge in [-0.15, -0.1) is 0 Å². The largest absolute Gasteiger partial charge is 1.00 e. The van der Waals surface area contributed by atoms with Gasteiger partial charge in [-0.3, -0.25) is 9.35 Å². The molecule has 2 heterocycles. The summed E-state index contributed by atoms with van der Waals surface area (Å²) >= 11 is 0. The summed E-state index contributed by atoms with van der Waals surface area (Å²) < 4.78 is 146. The van der Waals surface area contributed by atoms with Crippen molar-refractivity contribution in [2.75, 3.05) is 190 Å². The second-order valence-electron chi connectivity index (χ2n) is 21.2. The number of rotatable bonds is 49. The molecule has 3 aliphatic rings. The van der Waals surface area contributed by atoms with Gasteiger partial charge in [0.1, 0.15) is 34.9 Å². The van der Waals surface area contributed by atoms with Crippen molar-refractivity contribution in [2.24, 2.45) is 0 Å². The number of ether oxygens (including phenoxy) is 12. The van der Waals surface area contributed by atoms with Crippen LogP contribution < -0.4 is 44.4 Å². The van der Waals surface area contributed by atoms with Crippen molar-refractivity contribution in [1.29, 1.82) is 0 Å². The zero-order chi connectivity index (χ0) is 61.8. The number of aliphatic carboxylic acids is 1. The maximum absolute atomic E-state index is 12.3. The first-order valence-corrected chi connectivity index (χ1v) is 32.2. The van der Waals surface area contributed by atoms with E-state index >= 15 is 0 Å². The number of nitrogens with zero attached hydrogens (tertiary/aromatic N) is 2. The van der Waals surface area contributed by atoms with Crippen LogP contribution in [0, 0.1) is 0 Å². The van der Waals surface area contributed by atoms with Crippen molar-refractivity contribution in [2.45, 2.75) is 81.9 Å². The Balaban J connectivity index is 0.0000194. The number of allylic oxidation sites excluding steroid dienone is 3. The summed E-state index contributed by atoms with van der Waals surface area (Å²) in [6, 6.07) is 12.3. The second-order valence-corrected chi connectivity index (χ2v) is 24.2. The molecular weight excluding hydrogens is 1170 g/mol. The van der Waals surface area contributed by atoms with Gasteiger partial charge in [-0.2, -0.15) is 8.42 Å². The summed E-state index contributed by atoms with van der Waals surface area (Å²) in [6.07, 6.45) is 7.33. The molecule has 0 saturated carbocycles. The molecule has 0 bridgehead atoms. The van der Waals surface area contributed by atoms with Crippen LogP contribution in [0.5, 0.6) is 0 Å². The van der Waals surface area contributed by atoms with Crippen LogP contribution >= 0.6 is 0 Å². The molecule has 4 rings (SSSR count). The predicted molar refractivity (Wildman–Crippen MR) is 319 cm³/mol. The van der Waals surface area contributed by atoms with Crippen LogP contribution in [0.4, 0.5) is 5.69 Å². The van der Waals surface area contributed by atoms with Gasteiger partial charge in [-0.05, 0) is 91.6 Å². The van der Waals surface area contributed by atoms with Crippen LogP contribution in [0.1, 0.15) is 83.1 Å². The Kier molecular flexibility index (Phi) is 38.2. The average Bonchev–Trinajstić information content (AvgIpc) is 1.59. The van der Waals surface area contributed by atoms with E-state index in [0.29, 0.717) is 213 Å². The van der Waals surface area contributed by atoms with E-state index in [2.05, 4.69) is 37.5 Å². The minimum absolute atomic E-state index is 0. The molecule has 0 spiro atoms. The topological polar surface area (TPSA) is 279 Å². The predicted octanol–water partition coefficient (Wildman–Crippen LogP) is 2.81. The zero-order valence-corrected chi connectivity index (χ0v) is 55.4. The molecule has 0 radical (unpaired) electrons. The van der Waals surface area contributed by atoms with Gasteiger partial charge in [0.25, 0.3) is 10.1 Å². The quantitative estimate of drug-likeness (QED) is 0.0356. The Morgan fingerprint density at radius 1 is 0.651 bits per heavy atom. The molecule has 1 atom stereocenters. The van der Waals surface area contributed by atoms with E-state index in [1.165, 1.54) is 12.1 Å². The molecule has 0 saturated heterocycles. The Labute approximate surface area is 531 Å². The third-order valence-electron chi connectivity index (χ3n) is 13.7. The average molecular weight is 1270 g/mol. The molecule has 1 unspecified atom stereocenters. The fourth-order valence-electron chi connectivity index (χ4n) is 9.32. The van der Waals surface area contributed by atoms with Crippen LogP contribution in [0.3, 0.4) is 0 Å². The smallest absolute Gasteiger partial charge is 0.744 e. The number of methoxy groups -OCH3 is 2. The van der Waals surface area contributed by atoms with E-state index in [0.717, 1.165) is 16.5 Å². The van der Waals surface area contributed by atoms with Gasteiger partial charge in [0.2, 0.25) is 5.36 Å². The number of carbonyl (C=O) groups is 1. The molecule has 1 aromatic carbocycles. The molecule has 26 heteroatoms. The van der Waals surface area contributed by atoms with Crippen molar-refractivity contribution in [3.8, 4) is 11.3 Å². The van der Waals surface area contributed by atoms with Gasteiger partial charge < -0.3 is 75.8 Å². The van der Waals surface area contributed by atoms with Crippen LogP contribution in [-0.2, 0) is 92.7 Å². The Bertz CT molecular complexity index is 2680. The SMILES string of the molecule is COCCOCCOCCOCCOCCOCC[N+](CCOCCOCCOCCOCCOCCOC)=c1ccc2c(C(C)(C)C)cc(/C=C/C=C3/N(CCCCCC(=O)O)c4ccc(S(=O)(=O)[O-])cc4C3(C)CCCS(=O)(=O)O)oc-2c1.[Na+]. The zero-order valence-electron chi connectivity index (χ0n) is 51.8. The van der Waals surface area contributed by atoms with E-state index in [9.17, 15) is 35.8 Å². The van der Waals surface area contributed by atoms with E-state index in [1.807, 2.05) is 42.2 Å². The molecule has 0 aromatic heterocycles. The number of carboxylic acid groups (broad SMARTS) is 1. The number of carboxylic acids is 1. The Morgan fingerprint density at radius 3 is 1.57 bits per heavy atom. The van der Waals surface area contributed by atoms with Crippen LogP contribution in [-0.4, -0.2) is 222 Å². The summed E-state index contributed by atoms with van der Waals surface area (Å²) in [6.45, 7) is 19.7. The molecule has 23 nitrogen and oxygen atoms in total. The van der Waals surface area contributed by atoms with Crippen molar-refractivity contribution < 1.29 is 127 Å². The Hall–Kier alpha value is -3.26. The van der Waals surface area contributed by atoms with Gasteiger partial charge in [0.05, 0.1) is 149 Å². The molecule has 86 heavy (non-hydrogen) atoms. The third-order valence-corrected chi connectivity index (χ3v) is 15.3. The first-order valence-electron chi connectivity index (χ1n) is 29.1. The van der Waals surface area contributed by atoms with Crippen molar-refractivity contribution in [3.63, 3.8) is 0 Å². The number of hydrogen-bond acceptors (Lipinski definition) is 20. The fourth-order valence-corrected chi connectivity index (χ4v) is 10.3. The number of unbranched alkanes of at least 4 members (excludes halogenated alkanes) is 2. The molecule has 1 aromatic rings. The third kappa shape index (κ3) is 30.0. The van der Waals surface area contributed by atoms with Crippen molar-refractivity contribution in [3.05, 3.63) is 82.6 Å². The number of anilines is 1. The molecule has 1 aliphatic carbocycles. The monoisotopic (exact) mass is 1270 g/mol. The van der Waals surface area contributed by atoms with Crippen molar-refractivity contribution >= 4 is 38.0 Å². The van der Waals surface area contributed by atoms with Gasteiger partial charge in [-0.25, -0.2) is 13.0 Å².